The van der Waals surface area contributed by atoms with Gasteiger partial charge in [0.1, 0.15) is 0 Å². The Morgan fingerprint density at radius 3 is 2.73 bits per heavy atom. The van der Waals surface area contributed by atoms with E-state index in [-0.39, 0.29) is 40.2 Å². The van der Waals surface area contributed by atoms with Gasteiger partial charge in [0.05, 0.1) is 4.90 Å². The average molecular weight is 533 g/mol. The van der Waals surface area contributed by atoms with E-state index in [1.165, 1.54) is 30.7 Å². The van der Waals surface area contributed by atoms with Gasteiger partial charge in [-0.05, 0) is 43.7 Å². The SMILES string of the molecule is CN=C(NCCNS(=O)(=O)c1cccc(Cl)c1)NCC1(C)CCCS1.I. The summed E-state index contributed by atoms with van der Waals surface area (Å²) in [6, 6.07) is 6.20. The van der Waals surface area contributed by atoms with E-state index < -0.39 is 10.0 Å². The molecule has 1 saturated heterocycles. The summed E-state index contributed by atoms with van der Waals surface area (Å²) in [5.74, 6) is 1.88. The minimum absolute atomic E-state index is 0. The number of hydrogen-bond acceptors (Lipinski definition) is 4. The molecule has 1 fully saturated rings. The number of guanidine groups is 1. The van der Waals surface area contributed by atoms with Crippen molar-refractivity contribution in [3.8, 4) is 0 Å². The lowest BCUT2D eigenvalue weighted by Gasteiger charge is -2.24. The molecule has 2 rings (SSSR count). The highest BCUT2D eigenvalue weighted by Gasteiger charge is 2.29. The first kappa shape index (κ1) is 23.8. The van der Waals surface area contributed by atoms with E-state index >= 15 is 0 Å². The molecule has 26 heavy (non-hydrogen) atoms. The fraction of sp³-hybridized carbons (Fsp3) is 0.562. The summed E-state index contributed by atoms with van der Waals surface area (Å²) in [6.45, 7) is 3.78. The molecule has 3 N–H and O–H groups in total. The fourth-order valence-electron chi connectivity index (χ4n) is 2.55. The fourth-order valence-corrected chi connectivity index (χ4v) is 5.13. The van der Waals surface area contributed by atoms with Crippen molar-refractivity contribution >= 4 is 63.3 Å². The summed E-state index contributed by atoms with van der Waals surface area (Å²) in [6.07, 6.45) is 2.45. The van der Waals surface area contributed by atoms with Gasteiger partial charge in [0.25, 0.3) is 0 Å². The van der Waals surface area contributed by atoms with Crippen molar-refractivity contribution in [3.05, 3.63) is 29.3 Å². The highest BCUT2D eigenvalue weighted by Crippen LogP contribution is 2.36. The number of thioether (sulfide) groups is 1. The molecular formula is C16H26ClIN4O2S2. The number of benzene rings is 1. The van der Waals surface area contributed by atoms with Gasteiger partial charge in [-0.3, -0.25) is 4.99 Å². The standard InChI is InChI=1S/C16H25ClN4O2S2.HI/c1-16(7-4-10-24-16)12-20-15(18-2)19-8-9-21-25(22,23)14-6-3-5-13(17)11-14;/h3,5-6,11,21H,4,7-10,12H2,1-2H3,(H2,18,19,20);1H. The maximum Gasteiger partial charge on any atom is 0.240 e. The average Bonchev–Trinajstić information content (AvgIpc) is 3.01. The Kier molecular flexibility index (Phi) is 10.0. The molecule has 0 radical (unpaired) electrons. The van der Waals surface area contributed by atoms with E-state index in [4.69, 9.17) is 11.6 Å². The van der Waals surface area contributed by atoms with Crippen molar-refractivity contribution in [1.29, 1.82) is 0 Å². The molecule has 1 aromatic carbocycles. The number of aliphatic imine (C=N–C) groups is 1. The molecule has 1 aliphatic heterocycles. The maximum atomic E-state index is 12.2. The number of sulfonamides is 1. The Bertz CT molecular complexity index is 710. The van der Waals surface area contributed by atoms with Gasteiger partial charge in [0, 0.05) is 36.5 Å². The first-order chi connectivity index (χ1) is 11.8. The number of rotatable bonds is 7. The Hall–Kier alpha value is -0.230. The number of halogens is 2. The second kappa shape index (κ2) is 10.9. The predicted octanol–water partition coefficient (Wildman–Crippen LogP) is 2.69. The molecule has 1 unspecified atom stereocenters. The normalized spacial score (nSPS) is 20.5. The minimum Gasteiger partial charge on any atom is -0.355 e. The van der Waals surface area contributed by atoms with Crippen LogP contribution < -0.4 is 15.4 Å². The van der Waals surface area contributed by atoms with Gasteiger partial charge in [-0.15, -0.1) is 24.0 Å². The van der Waals surface area contributed by atoms with Crippen molar-refractivity contribution in [2.24, 2.45) is 4.99 Å². The molecule has 1 aromatic rings. The van der Waals surface area contributed by atoms with Crippen LogP contribution in [0.3, 0.4) is 0 Å². The number of nitrogens with zero attached hydrogens (tertiary/aromatic N) is 1. The van der Waals surface area contributed by atoms with Crippen LogP contribution in [0.2, 0.25) is 5.02 Å². The van der Waals surface area contributed by atoms with Crippen LogP contribution in [-0.4, -0.2) is 51.6 Å². The molecule has 1 heterocycles. The van der Waals surface area contributed by atoms with Crippen molar-refractivity contribution < 1.29 is 8.42 Å². The quantitative estimate of drug-likeness (QED) is 0.218. The monoisotopic (exact) mass is 532 g/mol. The van der Waals surface area contributed by atoms with Crippen LogP contribution in [0.1, 0.15) is 19.8 Å². The van der Waals surface area contributed by atoms with Gasteiger partial charge >= 0.3 is 0 Å². The summed E-state index contributed by atoms with van der Waals surface area (Å²) in [4.78, 5) is 4.34. The molecule has 0 amide bonds. The highest BCUT2D eigenvalue weighted by atomic mass is 127. The first-order valence-corrected chi connectivity index (χ1v) is 11.0. The lowest BCUT2D eigenvalue weighted by molar-refractivity contribution is 0.577. The van der Waals surface area contributed by atoms with E-state index in [0.29, 0.717) is 17.5 Å². The van der Waals surface area contributed by atoms with Crippen molar-refractivity contribution in [2.45, 2.75) is 29.4 Å². The minimum atomic E-state index is -3.56. The maximum absolute atomic E-state index is 12.2. The molecule has 0 saturated carbocycles. The van der Waals surface area contributed by atoms with Gasteiger partial charge in [-0.1, -0.05) is 17.7 Å². The summed E-state index contributed by atoms with van der Waals surface area (Å²) in [5, 5.41) is 6.83. The molecule has 0 aliphatic carbocycles. The Morgan fingerprint density at radius 2 is 2.12 bits per heavy atom. The summed E-state index contributed by atoms with van der Waals surface area (Å²) in [5.41, 5.74) is 0. The summed E-state index contributed by atoms with van der Waals surface area (Å²) < 4.78 is 27.2. The van der Waals surface area contributed by atoms with Crippen molar-refractivity contribution in [1.82, 2.24) is 15.4 Å². The van der Waals surface area contributed by atoms with Crippen molar-refractivity contribution in [3.63, 3.8) is 0 Å². The Morgan fingerprint density at radius 1 is 1.35 bits per heavy atom. The van der Waals surface area contributed by atoms with E-state index in [9.17, 15) is 8.42 Å². The van der Waals surface area contributed by atoms with E-state index in [0.717, 1.165) is 6.54 Å². The van der Waals surface area contributed by atoms with Crippen LogP contribution in [-0.2, 0) is 10.0 Å². The Balaban J connectivity index is 0.00000338. The van der Waals surface area contributed by atoms with Crippen molar-refractivity contribution in [2.75, 3.05) is 32.4 Å². The molecule has 0 bridgehead atoms. The molecule has 148 valence electrons. The zero-order valence-electron chi connectivity index (χ0n) is 14.9. The third-order valence-electron chi connectivity index (χ3n) is 3.97. The third-order valence-corrected chi connectivity index (χ3v) is 7.20. The van der Waals surface area contributed by atoms with E-state index in [1.54, 1.807) is 19.2 Å². The highest BCUT2D eigenvalue weighted by molar-refractivity contribution is 14.0. The molecule has 0 aromatic heterocycles. The number of nitrogens with one attached hydrogen (secondary N) is 3. The third kappa shape index (κ3) is 7.41. The molecule has 6 nitrogen and oxygen atoms in total. The van der Waals surface area contributed by atoms with Gasteiger partial charge < -0.3 is 10.6 Å². The zero-order valence-corrected chi connectivity index (χ0v) is 19.6. The zero-order chi connectivity index (χ0) is 18.3. The lowest BCUT2D eigenvalue weighted by atomic mass is 10.1. The smallest absolute Gasteiger partial charge is 0.240 e. The van der Waals surface area contributed by atoms with Gasteiger partial charge in [0.15, 0.2) is 5.96 Å². The van der Waals surface area contributed by atoms with Crippen LogP contribution in [0.25, 0.3) is 0 Å². The molecule has 1 aliphatic rings. The predicted molar refractivity (Wildman–Crippen MR) is 122 cm³/mol. The molecule has 1 atom stereocenters. The molecule has 0 spiro atoms. The Labute approximate surface area is 182 Å². The van der Waals surface area contributed by atoms with Crippen LogP contribution in [0, 0.1) is 0 Å². The molecular weight excluding hydrogens is 507 g/mol. The van der Waals surface area contributed by atoms with Crippen LogP contribution >= 0.6 is 47.3 Å². The van der Waals surface area contributed by atoms with Crippen LogP contribution in [0.4, 0.5) is 0 Å². The molecule has 10 heteroatoms. The lowest BCUT2D eigenvalue weighted by Crippen LogP contribution is -2.45. The first-order valence-electron chi connectivity index (χ1n) is 8.18. The van der Waals surface area contributed by atoms with Gasteiger partial charge in [-0.25, -0.2) is 13.1 Å². The second-order valence-electron chi connectivity index (χ2n) is 6.11. The topological polar surface area (TPSA) is 82.6 Å². The van der Waals surface area contributed by atoms with E-state index in [1.807, 2.05) is 11.8 Å². The largest absolute Gasteiger partial charge is 0.355 e. The van der Waals surface area contributed by atoms with Crippen LogP contribution in [0.5, 0.6) is 0 Å². The summed E-state index contributed by atoms with van der Waals surface area (Å²) in [7, 11) is -1.86. The second-order valence-corrected chi connectivity index (χ2v) is 10.00. The van der Waals surface area contributed by atoms with Gasteiger partial charge in [0.2, 0.25) is 10.0 Å². The summed E-state index contributed by atoms with van der Waals surface area (Å²) >= 11 is 7.82. The van der Waals surface area contributed by atoms with E-state index in [2.05, 4.69) is 27.3 Å². The van der Waals surface area contributed by atoms with Crippen LogP contribution in [0.15, 0.2) is 34.2 Å². The number of hydrogen-bond donors (Lipinski definition) is 3. The van der Waals surface area contributed by atoms with Gasteiger partial charge in [-0.2, -0.15) is 11.8 Å².